The molecule has 0 aliphatic carbocycles. The maximum absolute atomic E-state index is 11.9. The zero-order valence-corrected chi connectivity index (χ0v) is 9.98. The molecule has 2 nitrogen and oxygen atoms in total. The van der Waals surface area contributed by atoms with Gasteiger partial charge in [0, 0.05) is 0 Å². The van der Waals surface area contributed by atoms with Crippen LogP contribution in [0.25, 0.3) is 10.8 Å². The van der Waals surface area contributed by atoms with Crippen LogP contribution < -0.4 is 0 Å². The third-order valence-corrected chi connectivity index (χ3v) is 2.74. The average Bonchev–Trinajstić information content (AvgIpc) is 2.38. The normalized spacial score (nSPS) is 10.4. The largest absolute Gasteiger partial charge is 0.462 e. The summed E-state index contributed by atoms with van der Waals surface area (Å²) in [7, 11) is 0. The monoisotopic (exact) mass is 228 g/mol. The standard InChI is InChI=1S/C15H16O2/c1-2-3-11-17-15(16)14-10-6-8-12-7-4-5-9-13(12)14/h4-10H,2-3,11H2,1H3. The highest BCUT2D eigenvalue weighted by atomic mass is 16.5. The molecule has 0 bridgehead atoms. The van der Waals surface area contributed by atoms with Gasteiger partial charge < -0.3 is 4.74 Å². The number of unbranched alkanes of at least 4 members (excludes halogenated alkanes) is 1. The van der Waals surface area contributed by atoms with E-state index < -0.39 is 0 Å². The first-order valence-electron chi connectivity index (χ1n) is 5.98. The third kappa shape index (κ3) is 2.64. The summed E-state index contributed by atoms with van der Waals surface area (Å²) in [4.78, 5) is 11.9. The second kappa shape index (κ2) is 5.48. The number of rotatable bonds is 4. The smallest absolute Gasteiger partial charge is 0.338 e. The minimum Gasteiger partial charge on any atom is -0.462 e. The molecule has 2 rings (SSSR count). The Hall–Kier alpha value is -1.83. The molecule has 2 heteroatoms. The highest BCUT2D eigenvalue weighted by molar-refractivity contribution is 6.04. The fourth-order valence-corrected chi connectivity index (χ4v) is 1.79. The van der Waals surface area contributed by atoms with E-state index in [0.717, 1.165) is 23.6 Å². The minimum absolute atomic E-state index is 0.227. The molecule has 2 aromatic rings. The lowest BCUT2D eigenvalue weighted by molar-refractivity contribution is 0.0502. The molecule has 17 heavy (non-hydrogen) atoms. The highest BCUT2D eigenvalue weighted by Gasteiger charge is 2.10. The van der Waals surface area contributed by atoms with Crippen molar-refractivity contribution in [3.8, 4) is 0 Å². The number of ether oxygens (including phenoxy) is 1. The van der Waals surface area contributed by atoms with Crippen LogP contribution in [0, 0.1) is 0 Å². The molecule has 0 N–H and O–H groups in total. The van der Waals surface area contributed by atoms with Gasteiger partial charge in [-0.3, -0.25) is 0 Å². The van der Waals surface area contributed by atoms with Gasteiger partial charge in [0.2, 0.25) is 0 Å². The van der Waals surface area contributed by atoms with Gasteiger partial charge in [0.25, 0.3) is 0 Å². The maximum Gasteiger partial charge on any atom is 0.338 e. The molecule has 0 heterocycles. The predicted octanol–water partition coefficient (Wildman–Crippen LogP) is 3.80. The summed E-state index contributed by atoms with van der Waals surface area (Å²) in [6, 6.07) is 13.6. The van der Waals surface area contributed by atoms with Crippen LogP contribution in [0.3, 0.4) is 0 Å². The highest BCUT2D eigenvalue weighted by Crippen LogP contribution is 2.19. The number of benzene rings is 2. The summed E-state index contributed by atoms with van der Waals surface area (Å²) < 4.78 is 5.24. The minimum atomic E-state index is -0.227. The fraction of sp³-hybridized carbons (Fsp3) is 0.267. The molecule has 0 atom stereocenters. The van der Waals surface area contributed by atoms with E-state index in [1.807, 2.05) is 42.5 Å². The molecular weight excluding hydrogens is 212 g/mol. The zero-order chi connectivity index (χ0) is 12.1. The van der Waals surface area contributed by atoms with Crippen LogP contribution in [0.5, 0.6) is 0 Å². The SMILES string of the molecule is CCCCOC(=O)c1cccc2ccccc12. The van der Waals surface area contributed by atoms with Crippen molar-refractivity contribution >= 4 is 16.7 Å². The molecular formula is C15H16O2. The van der Waals surface area contributed by atoms with E-state index in [4.69, 9.17) is 4.74 Å². The number of esters is 1. The van der Waals surface area contributed by atoms with Crippen LogP contribution in [0.2, 0.25) is 0 Å². The lowest BCUT2D eigenvalue weighted by Gasteiger charge is -2.06. The molecule has 0 saturated carbocycles. The quantitative estimate of drug-likeness (QED) is 0.587. The van der Waals surface area contributed by atoms with Crippen LogP contribution in [0.4, 0.5) is 0 Å². The Morgan fingerprint density at radius 3 is 2.71 bits per heavy atom. The summed E-state index contributed by atoms with van der Waals surface area (Å²) in [5.41, 5.74) is 0.652. The summed E-state index contributed by atoms with van der Waals surface area (Å²) in [6.45, 7) is 2.57. The Bertz CT molecular complexity index is 512. The Labute approximate surface area is 101 Å². The molecule has 0 fully saturated rings. The summed E-state index contributed by atoms with van der Waals surface area (Å²) in [5.74, 6) is -0.227. The number of hydrogen-bond donors (Lipinski definition) is 0. The first kappa shape index (κ1) is 11.6. The molecule has 0 unspecified atom stereocenters. The van der Waals surface area contributed by atoms with Gasteiger partial charge in [0.1, 0.15) is 0 Å². The fourth-order valence-electron chi connectivity index (χ4n) is 1.79. The molecule has 0 spiro atoms. The number of carbonyl (C=O) groups excluding carboxylic acids is 1. The Kier molecular flexibility index (Phi) is 3.76. The van der Waals surface area contributed by atoms with Crippen LogP contribution >= 0.6 is 0 Å². The van der Waals surface area contributed by atoms with Crippen molar-refractivity contribution in [2.24, 2.45) is 0 Å². The third-order valence-electron chi connectivity index (χ3n) is 2.74. The van der Waals surface area contributed by atoms with Crippen LogP contribution in [-0.4, -0.2) is 12.6 Å². The van der Waals surface area contributed by atoms with Crippen molar-refractivity contribution in [2.45, 2.75) is 19.8 Å². The Morgan fingerprint density at radius 1 is 1.12 bits per heavy atom. The van der Waals surface area contributed by atoms with Crippen molar-refractivity contribution < 1.29 is 9.53 Å². The topological polar surface area (TPSA) is 26.3 Å². The lowest BCUT2D eigenvalue weighted by atomic mass is 10.1. The van der Waals surface area contributed by atoms with E-state index in [9.17, 15) is 4.79 Å². The molecule has 2 aromatic carbocycles. The van der Waals surface area contributed by atoms with Gasteiger partial charge in [-0.05, 0) is 23.3 Å². The van der Waals surface area contributed by atoms with Gasteiger partial charge in [0.05, 0.1) is 12.2 Å². The lowest BCUT2D eigenvalue weighted by Crippen LogP contribution is -2.06. The van der Waals surface area contributed by atoms with Crippen LogP contribution in [0.1, 0.15) is 30.1 Å². The molecule has 0 amide bonds. The summed E-state index contributed by atoms with van der Waals surface area (Å²) >= 11 is 0. The first-order chi connectivity index (χ1) is 8.33. The molecule has 0 aliphatic heterocycles. The van der Waals surface area contributed by atoms with E-state index in [-0.39, 0.29) is 5.97 Å². The number of carbonyl (C=O) groups is 1. The van der Waals surface area contributed by atoms with Crippen molar-refractivity contribution in [2.75, 3.05) is 6.61 Å². The van der Waals surface area contributed by atoms with E-state index in [0.29, 0.717) is 12.2 Å². The number of fused-ring (bicyclic) bond motifs is 1. The van der Waals surface area contributed by atoms with Crippen molar-refractivity contribution in [3.63, 3.8) is 0 Å². The van der Waals surface area contributed by atoms with E-state index >= 15 is 0 Å². The van der Waals surface area contributed by atoms with Gasteiger partial charge in [0.15, 0.2) is 0 Å². The van der Waals surface area contributed by atoms with Crippen LogP contribution in [-0.2, 0) is 4.74 Å². The summed E-state index contributed by atoms with van der Waals surface area (Å²) in [6.07, 6.45) is 1.94. The predicted molar refractivity (Wildman–Crippen MR) is 69.1 cm³/mol. The van der Waals surface area contributed by atoms with E-state index in [1.165, 1.54) is 0 Å². The van der Waals surface area contributed by atoms with Gasteiger partial charge in [-0.2, -0.15) is 0 Å². The van der Waals surface area contributed by atoms with E-state index in [2.05, 4.69) is 6.92 Å². The van der Waals surface area contributed by atoms with Crippen molar-refractivity contribution in [1.29, 1.82) is 0 Å². The van der Waals surface area contributed by atoms with Crippen LogP contribution in [0.15, 0.2) is 42.5 Å². The van der Waals surface area contributed by atoms with Gasteiger partial charge in [-0.25, -0.2) is 4.79 Å². The van der Waals surface area contributed by atoms with Gasteiger partial charge in [-0.1, -0.05) is 49.7 Å². The molecule has 0 aliphatic rings. The molecule has 0 radical (unpaired) electrons. The average molecular weight is 228 g/mol. The molecule has 0 aromatic heterocycles. The second-order valence-electron chi connectivity index (χ2n) is 4.02. The molecule has 88 valence electrons. The van der Waals surface area contributed by atoms with Gasteiger partial charge in [-0.15, -0.1) is 0 Å². The second-order valence-corrected chi connectivity index (χ2v) is 4.02. The zero-order valence-electron chi connectivity index (χ0n) is 9.98. The number of hydrogen-bond acceptors (Lipinski definition) is 2. The van der Waals surface area contributed by atoms with E-state index in [1.54, 1.807) is 0 Å². The summed E-state index contributed by atoms with van der Waals surface area (Å²) in [5, 5.41) is 2.02. The maximum atomic E-state index is 11.9. The van der Waals surface area contributed by atoms with Crippen molar-refractivity contribution in [3.05, 3.63) is 48.0 Å². The van der Waals surface area contributed by atoms with Crippen molar-refractivity contribution in [1.82, 2.24) is 0 Å². The van der Waals surface area contributed by atoms with Gasteiger partial charge >= 0.3 is 5.97 Å². The first-order valence-corrected chi connectivity index (χ1v) is 5.98. The Morgan fingerprint density at radius 2 is 1.88 bits per heavy atom. The molecule has 0 saturated heterocycles. The Balaban J connectivity index is 2.26.